The molecule has 6 nitrogen and oxygen atoms in total. The Bertz CT molecular complexity index is 872. The quantitative estimate of drug-likeness (QED) is 0.779. The van der Waals surface area contributed by atoms with E-state index in [2.05, 4.69) is 32.2 Å². The van der Waals surface area contributed by atoms with Crippen LogP contribution in [0, 0.1) is 6.92 Å². The molecule has 0 aromatic heterocycles. The van der Waals surface area contributed by atoms with Gasteiger partial charge in [-0.2, -0.15) is 0 Å². The smallest absolute Gasteiger partial charge is 0.258 e. The summed E-state index contributed by atoms with van der Waals surface area (Å²) in [5.41, 5.74) is 2.77. The molecule has 0 fully saturated rings. The second kappa shape index (κ2) is 8.74. The Labute approximate surface area is 171 Å². The molecule has 3 rings (SSSR count). The first kappa shape index (κ1) is 21.0. The summed E-state index contributed by atoms with van der Waals surface area (Å²) in [6.07, 6.45) is -0.848. The highest BCUT2D eigenvalue weighted by molar-refractivity contribution is 5.77. The van der Waals surface area contributed by atoms with Gasteiger partial charge in [-0.15, -0.1) is 0 Å². The first-order chi connectivity index (χ1) is 13.7. The van der Waals surface area contributed by atoms with Gasteiger partial charge in [-0.25, -0.2) is 0 Å². The Kier molecular flexibility index (Phi) is 6.33. The van der Waals surface area contributed by atoms with Crippen molar-refractivity contribution >= 4 is 5.91 Å². The van der Waals surface area contributed by atoms with E-state index in [1.54, 1.807) is 18.2 Å². The van der Waals surface area contributed by atoms with Crippen LogP contribution >= 0.6 is 0 Å². The highest BCUT2D eigenvalue weighted by Gasteiger charge is 2.20. The van der Waals surface area contributed by atoms with E-state index >= 15 is 0 Å². The molecule has 0 bridgehead atoms. The Morgan fingerprint density at radius 2 is 1.86 bits per heavy atom. The lowest BCUT2D eigenvalue weighted by atomic mass is 9.85. The predicted octanol–water partition coefficient (Wildman–Crippen LogP) is 3.29. The molecular weight excluding hydrogens is 370 g/mol. The number of rotatable bonds is 6. The molecule has 29 heavy (non-hydrogen) atoms. The van der Waals surface area contributed by atoms with Crippen molar-refractivity contribution in [2.24, 2.45) is 0 Å². The van der Waals surface area contributed by atoms with Crippen LogP contribution in [0.4, 0.5) is 0 Å². The molecule has 0 aliphatic carbocycles. The van der Waals surface area contributed by atoms with Gasteiger partial charge in [0.2, 0.25) is 0 Å². The minimum atomic E-state index is -0.848. The van der Waals surface area contributed by atoms with E-state index in [4.69, 9.17) is 14.2 Å². The summed E-state index contributed by atoms with van der Waals surface area (Å²) in [7, 11) is 0. The number of carbonyl (C=O) groups is 1. The number of aryl methyl sites for hydroxylation is 1. The maximum absolute atomic E-state index is 12.2. The van der Waals surface area contributed by atoms with Gasteiger partial charge < -0.3 is 24.6 Å². The Morgan fingerprint density at radius 1 is 1.14 bits per heavy atom. The first-order valence-corrected chi connectivity index (χ1v) is 9.82. The van der Waals surface area contributed by atoms with Crippen LogP contribution in [-0.4, -0.2) is 37.4 Å². The number of ether oxygens (including phenoxy) is 3. The number of nitrogens with one attached hydrogen (secondary N) is 1. The molecule has 0 radical (unpaired) electrons. The number of benzene rings is 2. The standard InChI is InChI=1S/C23H29NO5/c1-15-5-7-19(17(11-15)23(2,3)4)29-14-22(26)24-13-18(25)16-6-8-20-21(12-16)28-10-9-27-20/h5-8,11-12,18,25H,9-10,13-14H2,1-4H3,(H,24,26). The topological polar surface area (TPSA) is 77.0 Å². The monoisotopic (exact) mass is 399 g/mol. The van der Waals surface area contributed by atoms with Crippen LogP contribution in [0.5, 0.6) is 17.2 Å². The molecule has 156 valence electrons. The zero-order valence-corrected chi connectivity index (χ0v) is 17.5. The maximum Gasteiger partial charge on any atom is 0.258 e. The highest BCUT2D eigenvalue weighted by atomic mass is 16.6. The molecule has 1 aliphatic heterocycles. The van der Waals surface area contributed by atoms with E-state index in [1.807, 2.05) is 19.1 Å². The summed E-state index contributed by atoms with van der Waals surface area (Å²) in [4.78, 5) is 12.2. The van der Waals surface area contributed by atoms with Crippen LogP contribution in [0.1, 0.15) is 43.6 Å². The van der Waals surface area contributed by atoms with Gasteiger partial charge in [-0.3, -0.25) is 4.79 Å². The van der Waals surface area contributed by atoms with Gasteiger partial charge in [-0.05, 0) is 41.7 Å². The second-order valence-electron chi connectivity index (χ2n) is 8.26. The van der Waals surface area contributed by atoms with Crippen LogP contribution in [0.25, 0.3) is 0 Å². The molecule has 1 unspecified atom stereocenters. The zero-order chi connectivity index (χ0) is 21.0. The van der Waals surface area contributed by atoms with Gasteiger partial charge in [0, 0.05) is 6.54 Å². The predicted molar refractivity (Wildman–Crippen MR) is 111 cm³/mol. The van der Waals surface area contributed by atoms with Crippen molar-refractivity contribution in [1.29, 1.82) is 0 Å². The molecule has 1 atom stereocenters. The van der Waals surface area contributed by atoms with Gasteiger partial charge in [-0.1, -0.05) is 44.5 Å². The van der Waals surface area contributed by atoms with E-state index in [-0.39, 0.29) is 24.5 Å². The molecule has 0 saturated carbocycles. The molecule has 2 aromatic carbocycles. The van der Waals surface area contributed by atoms with E-state index in [0.29, 0.717) is 36.0 Å². The van der Waals surface area contributed by atoms with Gasteiger partial charge in [0.15, 0.2) is 18.1 Å². The molecule has 0 saturated heterocycles. The summed E-state index contributed by atoms with van der Waals surface area (Å²) < 4.78 is 16.8. The van der Waals surface area contributed by atoms with Crippen LogP contribution in [0.2, 0.25) is 0 Å². The SMILES string of the molecule is Cc1ccc(OCC(=O)NCC(O)c2ccc3c(c2)OCCO3)c(C(C)(C)C)c1. The fraction of sp³-hybridized carbons (Fsp3) is 0.435. The molecule has 1 amide bonds. The van der Waals surface area contributed by atoms with Crippen LogP contribution in [-0.2, 0) is 10.2 Å². The highest BCUT2D eigenvalue weighted by Crippen LogP contribution is 2.33. The molecule has 1 heterocycles. The number of aliphatic hydroxyl groups is 1. The minimum absolute atomic E-state index is 0.0852. The molecule has 6 heteroatoms. The van der Waals surface area contributed by atoms with E-state index < -0.39 is 6.10 Å². The van der Waals surface area contributed by atoms with Crippen molar-refractivity contribution < 1.29 is 24.1 Å². The van der Waals surface area contributed by atoms with Crippen LogP contribution < -0.4 is 19.5 Å². The molecule has 2 aromatic rings. The second-order valence-corrected chi connectivity index (χ2v) is 8.26. The molecule has 2 N–H and O–H groups in total. The first-order valence-electron chi connectivity index (χ1n) is 9.82. The lowest BCUT2D eigenvalue weighted by molar-refractivity contribution is -0.123. The van der Waals surface area contributed by atoms with Crippen LogP contribution in [0.3, 0.4) is 0 Å². The van der Waals surface area contributed by atoms with Gasteiger partial charge >= 0.3 is 0 Å². The summed E-state index contributed by atoms with van der Waals surface area (Å²) in [6, 6.07) is 11.2. The van der Waals surface area contributed by atoms with Crippen molar-refractivity contribution in [2.45, 2.75) is 39.2 Å². The molecule has 1 aliphatic rings. The fourth-order valence-corrected chi connectivity index (χ4v) is 3.15. The van der Waals surface area contributed by atoms with Crippen LogP contribution in [0.15, 0.2) is 36.4 Å². The summed E-state index contributed by atoms with van der Waals surface area (Å²) in [6.45, 7) is 9.33. The number of hydrogen-bond acceptors (Lipinski definition) is 5. The van der Waals surface area contributed by atoms with Crippen molar-refractivity contribution in [3.05, 3.63) is 53.1 Å². The molecule has 0 spiro atoms. The third-order valence-electron chi connectivity index (χ3n) is 4.75. The normalized spacial score (nSPS) is 14.2. The zero-order valence-electron chi connectivity index (χ0n) is 17.5. The number of aliphatic hydroxyl groups excluding tert-OH is 1. The number of amides is 1. The Hall–Kier alpha value is -2.73. The van der Waals surface area contributed by atoms with Gasteiger partial charge in [0.1, 0.15) is 19.0 Å². The lowest BCUT2D eigenvalue weighted by Crippen LogP contribution is -2.32. The van der Waals surface area contributed by atoms with Crippen molar-refractivity contribution in [1.82, 2.24) is 5.32 Å². The van der Waals surface area contributed by atoms with Gasteiger partial charge in [0.05, 0.1) is 6.10 Å². The molecular formula is C23H29NO5. The third kappa shape index (κ3) is 5.41. The lowest BCUT2D eigenvalue weighted by Gasteiger charge is -2.23. The average molecular weight is 399 g/mol. The Morgan fingerprint density at radius 3 is 2.59 bits per heavy atom. The van der Waals surface area contributed by atoms with Crippen molar-refractivity contribution in [3.63, 3.8) is 0 Å². The number of hydrogen-bond donors (Lipinski definition) is 2. The van der Waals surface area contributed by atoms with E-state index in [1.165, 1.54) is 0 Å². The third-order valence-corrected chi connectivity index (χ3v) is 4.75. The van der Waals surface area contributed by atoms with Crippen molar-refractivity contribution in [2.75, 3.05) is 26.4 Å². The van der Waals surface area contributed by atoms with Gasteiger partial charge in [0.25, 0.3) is 5.91 Å². The summed E-state index contributed by atoms with van der Waals surface area (Å²) in [5.74, 6) is 1.68. The van der Waals surface area contributed by atoms with E-state index in [9.17, 15) is 9.90 Å². The maximum atomic E-state index is 12.2. The average Bonchev–Trinajstić information content (AvgIpc) is 2.70. The van der Waals surface area contributed by atoms with E-state index in [0.717, 1.165) is 11.1 Å². The number of carbonyl (C=O) groups excluding carboxylic acids is 1. The Balaban J connectivity index is 1.54. The summed E-state index contributed by atoms with van der Waals surface area (Å²) in [5, 5.41) is 13.1. The summed E-state index contributed by atoms with van der Waals surface area (Å²) >= 11 is 0. The largest absolute Gasteiger partial charge is 0.486 e. The van der Waals surface area contributed by atoms with Crippen molar-refractivity contribution in [3.8, 4) is 17.2 Å². The minimum Gasteiger partial charge on any atom is -0.486 e. The fourth-order valence-electron chi connectivity index (χ4n) is 3.15. The number of fused-ring (bicyclic) bond motifs is 1.